The predicted octanol–water partition coefficient (Wildman–Crippen LogP) is 3.98. The molecule has 0 aromatic heterocycles. The average Bonchev–Trinajstić information content (AvgIpc) is 2.76. The molecule has 0 amide bonds. The molecule has 3 aliphatic heterocycles. The summed E-state index contributed by atoms with van der Waals surface area (Å²) in [7, 11) is 4.63. The topological polar surface area (TPSA) is 72.5 Å². The molecule has 2 aromatic carbocycles. The molecule has 0 saturated carbocycles. The molecule has 0 fully saturated rings. The second kappa shape index (κ2) is 6.92. The molecule has 31 heavy (non-hydrogen) atoms. The second-order valence-corrected chi connectivity index (χ2v) is 8.28. The first kappa shape index (κ1) is 19.8. The van der Waals surface area contributed by atoms with Crippen LogP contribution in [0.15, 0.2) is 30.3 Å². The van der Waals surface area contributed by atoms with Gasteiger partial charge in [-0.2, -0.15) is 0 Å². The Morgan fingerprint density at radius 2 is 1.71 bits per heavy atom. The number of ketones is 1. The van der Waals surface area contributed by atoms with E-state index in [1.165, 1.54) is 7.11 Å². The number of rotatable bonds is 3. The molecule has 7 nitrogen and oxygen atoms in total. The molecule has 3 heterocycles. The van der Waals surface area contributed by atoms with Gasteiger partial charge >= 0.3 is 0 Å². The summed E-state index contributed by atoms with van der Waals surface area (Å²) < 4.78 is 34.9. The van der Waals surface area contributed by atoms with Gasteiger partial charge in [0, 0.05) is 18.7 Å². The zero-order valence-corrected chi connectivity index (χ0v) is 18.1. The minimum absolute atomic E-state index is 0.0638. The van der Waals surface area contributed by atoms with E-state index in [-0.39, 0.29) is 5.78 Å². The van der Waals surface area contributed by atoms with Gasteiger partial charge < -0.3 is 28.4 Å². The minimum Gasteiger partial charge on any atom is -0.493 e. The summed E-state index contributed by atoms with van der Waals surface area (Å²) in [6.07, 6.45) is 2.46. The lowest BCUT2D eigenvalue weighted by molar-refractivity contribution is -0.133. The van der Waals surface area contributed by atoms with E-state index in [0.717, 1.165) is 5.56 Å². The number of hydrogen-bond acceptors (Lipinski definition) is 7. The Morgan fingerprint density at radius 3 is 2.42 bits per heavy atom. The quantitative estimate of drug-likeness (QED) is 0.738. The highest BCUT2D eigenvalue weighted by atomic mass is 16.7. The first-order valence-electron chi connectivity index (χ1n) is 10.1. The molecule has 3 atom stereocenters. The first-order chi connectivity index (χ1) is 14.9. The maximum Gasteiger partial charge on any atom is 0.238 e. The Labute approximate surface area is 180 Å². The molecule has 0 N–H and O–H groups in total. The van der Waals surface area contributed by atoms with Gasteiger partial charge in [0.15, 0.2) is 23.4 Å². The van der Waals surface area contributed by atoms with Crippen molar-refractivity contribution in [3.63, 3.8) is 0 Å². The molecule has 162 valence electrons. The summed E-state index contributed by atoms with van der Waals surface area (Å²) in [5.74, 6) is 2.03. The van der Waals surface area contributed by atoms with Crippen molar-refractivity contribution in [3.8, 4) is 28.7 Å². The predicted molar refractivity (Wildman–Crippen MR) is 113 cm³/mol. The lowest BCUT2D eigenvalue weighted by Crippen LogP contribution is -2.50. The number of ether oxygens (including phenoxy) is 6. The molecule has 3 aliphatic rings. The van der Waals surface area contributed by atoms with E-state index >= 15 is 0 Å². The second-order valence-electron chi connectivity index (χ2n) is 8.28. The molecule has 0 radical (unpaired) electrons. The third-order valence-electron chi connectivity index (χ3n) is 5.91. The fourth-order valence-electron chi connectivity index (χ4n) is 4.40. The van der Waals surface area contributed by atoms with Crippen LogP contribution >= 0.6 is 0 Å². The normalized spacial score (nSPS) is 24.4. The molecular weight excluding hydrogens is 400 g/mol. The van der Waals surface area contributed by atoms with Crippen LogP contribution in [0.25, 0.3) is 6.08 Å². The van der Waals surface area contributed by atoms with Crippen LogP contribution < -0.4 is 23.7 Å². The Balaban J connectivity index is 1.66. The van der Waals surface area contributed by atoms with Crippen LogP contribution in [-0.4, -0.2) is 45.1 Å². The van der Waals surface area contributed by atoms with Crippen LogP contribution in [0, 0.1) is 0 Å². The maximum absolute atomic E-state index is 13.7. The van der Waals surface area contributed by atoms with E-state index in [1.807, 2.05) is 32.1 Å². The van der Waals surface area contributed by atoms with Crippen molar-refractivity contribution in [2.45, 2.75) is 37.8 Å². The van der Waals surface area contributed by atoms with E-state index in [2.05, 4.69) is 0 Å². The summed E-state index contributed by atoms with van der Waals surface area (Å²) >= 11 is 0. The van der Waals surface area contributed by atoms with Crippen molar-refractivity contribution in [3.05, 3.63) is 47.0 Å². The standard InChI is InChI=1S/C24H24O7/c1-24(2)9-8-12-15(31-24)7-6-13-20(25)19-14-10-17(26-3)18(27-4)11-16(14)29-23(28-5)22(19)30-21(12)13/h6-11,19,22-23H,1-5H3. The van der Waals surface area contributed by atoms with E-state index in [4.69, 9.17) is 28.4 Å². The maximum atomic E-state index is 13.7. The van der Waals surface area contributed by atoms with Crippen molar-refractivity contribution >= 4 is 11.9 Å². The number of fused-ring (bicyclic) bond motifs is 6. The zero-order chi connectivity index (χ0) is 21.9. The smallest absolute Gasteiger partial charge is 0.238 e. The van der Waals surface area contributed by atoms with Crippen LogP contribution in [0.2, 0.25) is 0 Å². The van der Waals surface area contributed by atoms with Crippen LogP contribution in [0.4, 0.5) is 0 Å². The van der Waals surface area contributed by atoms with Crippen molar-refractivity contribution < 1.29 is 33.2 Å². The van der Waals surface area contributed by atoms with Gasteiger partial charge in [-0.15, -0.1) is 0 Å². The van der Waals surface area contributed by atoms with Crippen LogP contribution in [-0.2, 0) is 4.74 Å². The van der Waals surface area contributed by atoms with Gasteiger partial charge in [-0.25, -0.2) is 0 Å². The van der Waals surface area contributed by atoms with Gasteiger partial charge in [-0.05, 0) is 44.2 Å². The number of carbonyl (C=O) groups is 1. The van der Waals surface area contributed by atoms with Gasteiger partial charge in [0.25, 0.3) is 0 Å². The van der Waals surface area contributed by atoms with Crippen molar-refractivity contribution in [2.24, 2.45) is 0 Å². The monoisotopic (exact) mass is 424 g/mol. The fourth-order valence-corrected chi connectivity index (χ4v) is 4.40. The number of Topliss-reactive ketones (excluding diaryl/α,β-unsaturated/α-hetero) is 1. The highest BCUT2D eigenvalue weighted by Gasteiger charge is 2.49. The summed E-state index contributed by atoms with van der Waals surface area (Å²) in [5.41, 5.74) is 1.50. The van der Waals surface area contributed by atoms with E-state index in [1.54, 1.807) is 32.4 Å². The Morgan fingerprint density at radius 1 is 0.968 bits per heavy atom. The molecule has 0 saturated heterocycles. The third-order valence-corrected chi connectivity index (χ3v) is 5.91. The molecule has 5 rings (SSSR count). The zero-order valence-electron chi connectivity index (χ0n) is 18.1. The van der Waals surface area contributed by atoms with Crippen molar-refractivity contribution in [2.75, 3.05) is 21.3 Å². The van der Waals surface area contributed by atoms with Crippen LogP contribution in [0.1, 0.15) is 41.3 Å². The van der Waals surface area contributed by atoms with Crippen molar-refractivity contribution in [1.82, 2.24) is 0 Å². The molecule has 7 heteroatoms. The number of hydrogen-bond donors (Lipinski definition) is 0. The highest BCUT2D eigenvalue weighted by molar-refractivity contribution is 6.06. The lowest BCUT2D eigenvalue weighted by Gasteiger charge is -2.42. The van der Waals surface area contributed by atoms with Crippen molar-refractivity contribution in [1.29, 1.82) is 0 Å². The molecule has 3 unspecified atom stereocenters. The summed E-state index contributed by atoms with van der Waals surface area (Å²) in [6.45, 7) is 3.95. The number of methoxy groups -OCH3 is 3. The Bertz CT molecular complexity index is 1100. The summed E-state index contributed by atoms with van der Waals surface area (Å²) in [5, 5.41) is 0. The number of benzene rings is 2. The average molecular weight is 424 g/mol. The highest BCUT2D eigenvalue weighted by Crippen LogP contribution is 2.50. The molecule has 0 bridgehead atoms. The van der Waals surface area contributed by atoms with E-state index < -0.39 is 23.9 Å². The molecule has 0 spiro atoms. The van der Waals surface area contributed by atoms with Crippen LogP contribution in [0.5, 0.6) is 28.7 Å². The fraction of sp³-hybridized carbons (Fsp3) is 0.375. The van der Waals surface area contributed by atoms with Crippen LogP contribution in [0.3, 0.4) is 0 Å². The van der Waals surface area contributed by atoms with E-state index in [9.17, 15) is 4.79 Å². The van der Waals surface area contributed by atoms with Gasteiger partial charge in [-0.3, -0.25) is 4.79 Å². The molecule has 2 aromatic rings. The summed E-state index contributed by atoms with van der Waals surface area (Å²) in [4.78, 5) is 13.7. The molecule has 0 aliphatic carbocycles. The lowest BCUT2D eigenvalue weighted by atomic mass is 9.80. The SMILES string of the molecule is COc1cc2c(cc1OC)C1C(=O)c3ccc4c(c3OC1C(OC)O2)C=CC(C)(C)O4. The minimum atomic E-state index is -0.770. The first-order valence-corrected chi connectivity index (χ1v) is 10.1. The Hall–Kier alpha value is -3.19. The Kier molecular flexibility index (Phi) is 4.41. The number of carbonyl (C=O) groups excluding carboxylic acids is 1. The largest absolute Gasteiger partial charge is 0.493 e. The van der Waals surface area contributed by atoms with E-state index in [0.29, 0.717) is 39.9 Å². The summed E-state index contributed by atoms with van der Waals surface area (Å²) in [6, 6.07) is 7.07. The van der Waals surface area contributed by atoms with Gasteiger partial charge in [0.05, 0.1) is 31.3 Å². The van der Waals surface area contributed by atoms with Gasteiger partial charge in [0.2, 0.25) is 6.29 Å². The van der Waals surface area contributed by atoms with Gasteiger partial charge in [-0.1, -0.05) is 0 Å². The third kappa shape index (κ3) is 2.95. The molecular formula is C24H24O7. The van der Waals surface area contributed by atoms with Gasteiger partial charge in [0.1, 0.15) is 22.8 Å².